The molecular weight excluding hydrogens is 465 g/mol. The summed E-state index contributed by atoms with van der Waals surface area (Å²) < 4.78 is 52.6. The minimum Gasteiger partial charge on any atom is -0.366 e. The molecule has 0 unspecified atom stereocenters. The molecule has 2 heterocycles. The summed E-state index contributed by atoms with van der Waals surface area (Å²) in [7, 11) is 0. The van der Waals surface area contributed by atoms with Gasteiger partial charge in [0.15, 0.2) is 5.69 Å². The highest BCUT2D eigenvalue weighted by Crippen LogP contribution is 2.38. The van der Waals surface area contributed by atoms with Crippen LogP contribution in [-0.4, -0.2) is 20.8 Å². The molecule has 12 heteroatoms. The molecule has 1 aromatic carbocycles. The molecule has 0 atom stereocenters. The quantitative estimate of drug-likeness (QED) is 0.344. The number of hydrogen-bond acceptors (Lipinski definition) is 5. The highest BCUT2D eigenvalue weighted by molar-refractivity contribution is 7.99. The monoisotopic (exact) mass is 475 g/mol. The molecule has 2 aromatic heterocycles. The number of anilines is 1. The van der Waals surface area contributed by atoms with Crippen LogP contribution in [-0.2, 0) is 12.7 Å². The molecule has 0 bridgehead atoms. The van der Waals surface area contributed by atoms with Crippen molar-refractivity contribution in [1.29, 1.82) is 5.26 Å². The Morgan fingerprint density at radius 1 is 1.17 bits per heavy atom. The number of hydrogen-bond donors (Lipinski definition) is 1. The van der Waals surface area contributed by atoms with E-state index >= 15 is 0 Å². The standard InChI is InChI=1S/C18H11Cl2F4N5S/c19-13-4-11(18(22,23)24)5-14(20)17(13)29-15(6-12(7-25)28-29)27-8-10-1-2-26-16(3-10)30-9-21/h1-6,27H,8-9H2. The smallest absolute Gasteiger partial charge is 0.366 e. The highest BCUT2D eigenvalue weighted by Gasteiger charge is 2.32. The van der Waals surface area contributed by atoms with Gasteiger partial charge < -0.3 is 5.32 Å². The number of rotatable bonds is 6. The second kappa shape index (κ2) is 9.12. The Balaban J connectivity index is 1.95. The number of alkyl halides is 4. The number of nitrogens with zero attached hydrogens (tertiary/aromatic N) is 4. The zero-order chi connectivity index (χ0) is 21.9. The second-order valence-corrected chi connectivity index (χ2v) is 7.57. The van der Waals surface area contributed by atoms with E-state index in [-0.39, 0.29) is 33.8 Å². The van der Waals surface area contributed by atoms with Gasteiger partial charge in [-0.3, -0.25) is 0 Å². The number of aromatic nitrogens is 3. The predicted octanol–water partition coefficient (Wildman–Crippen LogP) is 6.10. The van der Waals surface area contributed by atoms with Gasteiger partial charge in [0, 0.05) is 18.8 Å². The van der Waals surface area contributed by atoms with Crippen LogP contribution in [0.4, 0.5) is 23.4 Å². The first-order chi connectivity index (χ1) is 14.2. The number of pyridine rings is 1. The molecule has 156 valence electrons. The lowest BCUT2D eigenvalue weighted by Gasteiger charge is -2.15. The molecule has 0 fully saturated rings. The van der Waals surface area contributed by atoms with Crippen molar-refractivity contribution >= 4 is 40.8 Å². The Morgan fingerprint density at radius 3 is 2.47 bits per heavy atom. The van der Waals surface area contributed by atoms with E-state index in [1.165, 1.54) is 16.9 Å². The minimum absolute atomic E-state index is 0.00117. The van der Waals surface area contributed by atoms with Crippen molar-refractivity contribution in [2.45, 2.75) is 17.7 Å². The van der Waals surface area contributed by atoms with Crippen molar-refractivity contribution in [2.75, 3.05) is 11.3 Å². The molecule has 0 spiro atoms. The first-order valence-corrected chi connectivity index (χ1v) is 9.91. The third-order valence-corrected chi connectivity index (χ3v) is 5.06. The van der Waals surface area contributed by atoms with E-state index < -0.39 is 17.7 Å². The van der Waals surface area contributed by atoms with Crippen molar-refractivity contribution in [3.8, 4) is 11.8 Å². The lowest BCUT2D eigenvalue weighted by atomic mass is 10.2. The normalized spacial score (nSPS) is 11.4. The minimum atomic E-state index is -4.62. The fraction of sp³-hybridized carbons (Fsp3) is 0.167. The van der Waals surface area contributed by atoms with Gasteiger partial charge in [0.05, 0.1) is 20.6 Å². The zero-order valence-corrected chi connectivity index (χ0v) is 17.2. The SMILES string of the molecule is N#Cc1cc(NCc2ccnc(SCF)c2)n(-c2c(Cl)cc(C(F)(F)F)cc2Cl)n1. The summed E-state index contributed by atoms with van der Waals surface area (Å²) in [4.78, 5) is 4.03. The van der Waals surface area contributed by atoms with E-state index in [1.807, 2.05) is 6.07 Å². The summed E-state index contributed by atoms with van der Waals surface area (Å²) in [5, 5.41) is 16.2. The molecule has 0 saturated carbocycles. The Labute approximate surface area is 182 Å². The molecule has 5 nitrogen and oxygen atoms in total. The van der Waals surface area contributed by atoms with Crippen molar-refractivity contribution in [3.05, 3.63) is 63.4 Å². The van der Waals surface area contributed by atoms with E-state index in [0.717, 1.165) is 29.5 Å². The molecule has 0 aliphatic carbocycles. The molecule has 3 aromatic rings. The van der Waals surface area contributed by atoms with Crippen molar-refractivity contribution in [1.82, 2.24) is 14.8 Å². The maximum Gasteiger partial charge on any atom is 0.416 e. The van der Waals surface area contributed by atoms with Crippen LogP contribution in [0.3, 0.4) is 0 Å². The van der Waals surface area contributed by atoms with E-state index in [9.17, 15) is 22.8 Å². The van der Waals surface area contributed by atoms with Crippen LogP contribution in [0.5, 0.6) is 0 Å². The Morgan fingerprint density at radius 2 is 1.87 bits per heavy atom. The summed E-state index contributed by atoms with van der Waals surface area (Å²) in [5.74, 6) is 0.284. The average Bonchev–Trinajstić information content (AvgIpc) is 3.08. The summed E-state index contributed by atoms with van der Waals surface area (Å²) in [5.41, 5.74) is -0.235. The van der Waals surface area contributed by atoms with Crippen LogP contribution in [0.1, 0.15) is 16.8 Å². The van der Waals surface area contributed by atoms with Gasteiger partial charge in [0.25, 0.3) is 0 Å². The third kappa shape index (κ3) is 4.98. The highest BCUT2D eigenvalue weighted by atomic mass is 35.5. The Bertz CT molecular complexity index is 1090. The fourth-order valence-corrected chi connectivity index (χ4v) is 3.68. The maximum absolute atomic E-state index is 13.0. The number of thioether (sulfide) groups is 1. The van der Waals surface area contributed by atoms with Crippen LogP contribution < -0.4 is 5.32 Å². The van der Waals surface area contributed by atoms with E-state index in [1.54, 1.807) is 12.1 Å². The molecule has 3 rings (SSSR count). The first kappa shape index (κ1) is 22.2. The van der Waals surface area contributed by atoms with Crippen LogP contribution >= 0.6 is 35.0 Å². The molecule has 0 aliphatic heterocycles. The zero-order valence-electron chi connectivity index (χ0n) is 14.8. The predicted molar refractivity (Wildman–Crippen MR) is 107 cm³/mol. The number of halogens is 6. The summed E-state index contributed by atoms with van der Waals surface area (Å²) in [6.07, 6.45) is -3.10. The molecular formula is C18H11Cl2F4N5S. The van der Waals surface area contributed by atoms with Crippen LogP contribution in [0, 0.1) is 11.3 Å². The van der Waals surface area contributed by atoms with Gasteiger partial charge >= 0.3 is 6.18 Å². The molecule has 30 heavy (non-hydrogen) atoms. The van der Waals surface area contributed by atoms with Crippen molar-refractivity contribution in [3.63, 3.8) is 0 Å². The van der Waals surface area contributed by atoms with Gasteiger partial charge in [-0.1, -0.05) is 35.0 Å². The first-order valence-electron chi connectivity index (χ1n) is 8.17. The van der Waals surface area contributed by atoms with E-state index in [0.29, 0.717) is 5.03 Å². The van der Waals surface area contributed by atoms with Gasteiger partial charge in [-0.05, 0) is 29.8 Å². The van der Waals surface area contributed by atoms with Gasteiger partial charge in [0.1, 0.15) is 23.6 Å². The van der Waals surface area contributed by atoms with Gasteiger partial charge in [-0.25, -0.2) is 14.1 Å². The van der Waals surface area contributed by atoms with Gasteiger partial charge in [-0.2, -0.15) is 23.5 Å². The largest absolute Gasteiger partial charge is 0.416 e. The summed E-state index contributed by atoms with van der Waals surface area (Å²) in [6, 6.07) is 7.52. The summed E-state index contributed by atoms with van der Waals surface area (Å²) >= 11 is 13.1. The van der Waals surface area contributed by atoms with Crippen LogP contribution in [0.2, 0.25) is 10.0 Å². The maximum atomic E-state index is 13.0. The molecule has 0 radical (unpaired) electrons. The van der Waals surface area contributed by atoms with Crippen molar-refractivity contribution in [2.24, 2.45) is 0 Å². The van der Waals surface area contributed by atoms with Crippen molar-refractivity contribution < 1.29 is 17.6 Å². The number of benzene rings is 1. The Kier molecular flexibility index (Phi) is 6.75. The number of nitrogens with one attached hydrogen (secondary N) is 1. The molecule has 0 amide bonds. The number of nitriles is 1. The van der Waals surface area contributed by atoms with E-state index in [2.05, 4.69) is 15.4 Å². The van der Waals surface area contributed by atoms with Crippen LogP contribution in [0.15, 0.2) is 41.6 Å². The molecule has 1 N–H and O–H groups in total. The molecule has 0 aliphatic rings. The fourth-order valence-electron chi connectivity index (χ4n) is 2.55. The molecule has 0 saturated heterocycles. The second-order valence-electron chi connectivity index (χ2n) is 5.83. The van der Waals surface area contributed by atoms with E-state index in [4.69, 9.17) is 23.2 Å². The third-order valence-electron chi connectivity index (χ3n) is 3.86. The van der Waals surface area contributed by atoms with Gasteiger partial charge in [0.2, 0.25) is 0 Å². The van der Waals surface area contributed by atoms with Gasteiger partial charge in [-0.15, -0.1) is 0 Å². The lowest BCUT2D eigenvalue weighted by Crippen LogP contribution is -2.10. The lowest BCUT2D eigenvalue weighted by molar-refractivity contribution is -0.137. The summed E-state index contributed by atoms with van der Waals surface area (Å²) in [6.45, 7) is 0.245. The topological polar surface area (TPSA) is 66.5 Å². The average molecular weight is 476 g/mol. The van der Waals surface area contributed by atoms with Crippen LogP contribution in [0.25, 0.3) is 5.69 Å². The Hall–Kier alpha value is -2.48.